The highest BCUT2D eigenvalue weighted by Crippen LogP contribution is 2.22. The molecule has 31 heavy (non-hydrogen) atoms. The van der Waals surface area contributed by atoms with Crippen LogP contribution in [0.4, 0.5) is 8.78 Å². The van der Waals surface area contributed by atoms with Gasteiger partial charge in [0.05, 0.1) is 11.9 Å². The van der Waals surface area contributed by atoms with Crippen LogP contribution in [-0.2, 0) is 23.2 Å². The molecule has 0 unspecified atom stereocenters. The molecule has 0 radical (unpaired) electrons. The van der Waals surface area contributed by atoms with Crippen molar-refractivity contribution < 1.29 is 21.9 Å². The van der Waals surface area contributed by atoms with Crippen LogP contribution in [0.1, 0.15) is 17.0 Å². The number of hydrogen-bond donors (Lipinski definition) is 1. The predicted octanol–water partition coefficient (Wildman–Crippen LogP) is 3.21. The van der Waals surface area contributed by atoms with Crippen LogP contribution in [0.25, 0.3) is 5.69 Å². The molecule has 3 rings (SSSR count). The van der Waals surface area contributed by atoms with Crippen molar-refractivity contribution in [2.24, 2.45) is 0 Å². The second-order valence-corrected chi connectivity index (χ2v) is 9.33. The second kappa shape index (κ2) is 9.25. The lowest BCUT2D eigenvalue weighted by Gasteiger charge is -2.14. The minimum Gasteiger partial charge on any atom is -0.472 e. The van der Waals surface area contributed by atoms with Gasteiger partial charge in [-0.25, -0.2) is 21.9 Å². The summed E-state index contributed by atoms with van der Waals surface area (Å²) >= 11 is 3.18. The van der Waals surface area contributed by atoms with Gasteiger partial charge < -0.3 is 4.74 Å². The standard InChI is InChI=1S/C20H18BrF2N3O4S/c1-12-25-19(30-11-14-6-7-15(22)9-17(14)23)18(21)20(27)26(12)16-5-3-4-13(8-16)10-24-31(2,28)29/h3-9,24H,10-11H2,1-2H3. The summed E-state index contributed by atoms with van der Waals surface area (Å²) in [5.41, 5.74) is 0.787. The third-order valence-corrected chi connectivity index (χ3v) is 5.60. The topological polar surface area (TPSA) is 90.3 Å². The number of sulfonamides is 1. The Morgan fingerprint density at radius 1 is 1.19 bits per heavy atom. The van der Waals surface area contributed by atoms with Gasteiger partial charge in [0.1, 0.15) is 28.5 Å². The lowest BCUT2D eigenvalue weighted by Crippen LogP contribution is -2.24. The number of rotatable bonds is 7. The van der Waals surface area contributed by atoms with Gasteiger partial charge in [0.15, 0.2) is 0 Å². The zero-order valence-electron chi connectivity index (χ0n) is 16.5. The Labute approximate surface area is 185 Å². The average Bonchev–Trinajstić information content (AvgIpc) is 2.69. The predicted molar refractivity (Wildman–Crippen MR) is 115 cm³/mol. The highest BCUT2D eigenvalue weighted by Gasteiger charge is 2.16. The fourth-order valence-electron chi connectivity index (χ4n) is 2.79. The highest BCUT2D eigenvalue weighted by molar-refractivity contribution is 9.10. The van der Waals surface area contributed by atoms with Crippen LogP contribution in [0.3, 0.4) is 0 Å². The molecule has 7 nitrogen and oxygen atoms in total. The van der Waals surface area contributed by atoms with Crippen LogP contribution in [0.5, 0.6) is 5.88 Å². The first-order chi connectivity index (χ1) is 14.5. The number of aromatic nitrogens is 2. The highest BCUT2D eigenvalue weighted by atomic mass is 79.9. The van der Waals surface area contributed by atoms with Gasteiger partial charge in [0, 0.05) is 18.2 Å². The lowest BCUT2D eigenvalue weighted by atomic mass is 10.2. The van der Waals surface area contributed by atoms with Crippen molar-refractivity contribution in [1.82, 2.24) is 14.3 Å². The first-order valence-electron chi connectivity index (χ1n) is 8.95. The molecule has 0 saturated carbocycles. The van der Waals surface area contributed by atoms with Crippen molar-refractivity contribution in [3.63, 3.8) is 0 Å². The number of nitrogens with one attached hydrogen (secondary N) is 1. The van der Waals surface area contributed by atoms with E-state index in [9.17, 15) is 22.0 Å². The van der Waals surface area contributed by atoms with Gasteiger partial charge in [-0.15, -0.1) is 0 Å². The Kier molecular flexibility index (Phi) is 6.87. The molecule has 0 saturated heterocycles. The van der Waals surface area contributed by atoms with Gasteiger partial charge in [-0.2, -0.15) is 4.98 Å². The summed E-state index contributed by atoms with van der Waals surface area (Å²) in [5, 5.41) is 0. The zero-order valence-corrected chi connectivity index (χ0v) is 18.9. The Hall–Kier alpha value is -2.63. The van der Waals surface area contributed by atoms with Crippen LogP contribution in [0, 0.1) is 18.6 Å². The van der Waals surface area contributed by atoms with Crippen LogP contribution in [0.15, 0.2) is 51.7 Å². The van der Waals surface area contributed by atoms with Gasteiger partial charge in [-0.3, -0.25) is 9.36 Å². The van der Waals surface area contributed by atoms with Crippen molar-refractivity contribution in [3.05, 3.63) is 85.9 Å². The summed E-state index contributed by atoms with van der Waals surface area (Å²) in [7, 11) is -3.37. The van der Waals surface area contributed by atoms with E-state index in [4.69, 9.17) is 4.74 Å². The Balaban J connectivity index is 1.89. The molecule has 0 aliphatic rings. The number of halogens is 3. The smallest absolute Gasteiger partial charge is 0.276 e. The van der Waals surface area contributed by atoms with Crippen LogP contribution in [0.2, 0.25) is 0 Å². The maximum absolute atomic E-state index is 13.8. The first kappa shape index (κ1) is 23.0. The van der Waals surface area contributed by atoms with Crippen LogP contribution in [-0.4, -0.2) is 24.2 Å². The number of benzene rings is 2. The molecule has 0 bridgehead atoms. The van der Waals surface area contributed by atoms with E-state index in [0.717, 1.165) is 18.4 Å². The number of ether oxygens (including phenoxy) is 1. The SMILES string of the molecule is Cc1nc(OCc2ccc(F)cc2F)c(Br)c(=O)n1-c1cccc(CNS(C)(=O)=O)c1. The molecule has 2 aromatic carbocycles. The van der Waals surface area contributed by atoms with E-state index in [-0.39, 0.29) is 29.1 Å². The molecule has 0 amide bonds. The summed E-state index contributed by atoms with van der Waals surface area (Å²) in [6, 6.07) is 9.86. The average molecular weight is 514 g/mol. The van der Waals surface area contributed by atoms with Crippen molar-refractivity contribution in [2.45, 2.75) is 20.1 Å². The Morgan fingerprint density at radius 2 is 1.94 bits per heavy atom. The van der Waals surface area contributed by atoms with Gasteiger partial charge >= 0.3 is 0 Å². The summed E-state index contributed by atoms with van der Waals surface area (Å²) in [4.78, 5) is 17.2. The Bertz CT molecular complexity index is 1300. The van der Waals surface area contributed by atoms with Crippen molar-refractivity contribution in [1.29, 1.82) is 0 Å². The molecular formula is C20H18BrF2N3O4S. The molecule has 0 spiro atoms. The second-order valence-electron chi connectivity index (χ2n) is 6.71. The first-order valence-corrected chi connectivity index (χ1v) is 11.6. The van der Waals surface area contributed by atoms with Crippen molar-refractivity contribution in [3.8, 4) is 11.6 Å². The summed E-state index contributed by atoms with van der Waals surface area (Å²) in [6.45, 7) is 1.42. The molecule has 0 fully saturated rings. The molecule has 0 atom stereocenters. The quantitative estimate of drug-likeness (QED) is 0.523. The molecule has 0 aliphatic carbocycles. The van der Waals surface area contributed by atoms with E-state index in [2.05, 4.69) is 25.6 Å². The summed E-state index contributed by atoms with van der Waals surface area (Å²) in [6.07, 6.45) is 1.06. The fourth-order valence-corrected chi connectivity index (χ4v) is 3.60. The molecule has 3 aromatic rings. The van der Waals surface area contributed by atoms with E-state index in [0.29, 0.717) is 17.1 Å². The number of nitrogens with zero attached hydrogens (tertiary/aromatic N) is 2. The lowest BCUT2D eigenvalue weighted by molar-refractivity contribution is 0.283. The molecule has 1 N–H and O–H groups in total. The number of aryl methyl sites for hydroxylation is 1. The maximum atomic E-state index is 13.8. The molecular weight excluding hydrogens is 496 g/mol. The molecule has 11 heteroatoms. The van der Waals surface area contributed by atoms with E-state index in [1.54, 1.807) is 31.2 Å². The molecule has 0 aliphatic heterocycles. The zero-order chi connectivity index (χ0) is 22.8. The molecule has 1 heterocycles. The molecule has 164 valence electrons. The van der Waals surface area contributed by atoms with E-state index in [1.165, 1.54) is 10.6 Å². The van der Waals surface area contributed by atoms with Gasteiger partial charge in [0.25, 0.3) is 5.56 Å². The fraction of sp³-hybridized carbons (Fsp3) is 0.200. The van der Waals surface area contributed by atoms with Gasteiger partial charge in [0.2, 0.25) is 15.9 Å². The van der Waals surface area contributed by atoms with E-state index < -0.39 is 27.2 Å². The summed E-state index contributed by atoms with van der Waals surface area (Å²) < 4.78 is 58.7. The monoisotopic (exact) mass is 513 g/mol. The Morgan fingerprint density at radius 3 is 2.61 bits per heavy atom. The van der Waals surface area contributed by atoms with Crippen LogP contribution >= 0.6 is 15.9 Å². The normalized spacial score (nSPS) is 11.5. The van der Waals surface area contributed by atoms with Gasteiger partial charge in [-0.05, 0) is 52.7 Å². The van der Waals surface area contributed by atoms with E-state index in [1.807, 2.05) is 0 Å². The maximum Gasteiger partial charge on any atom is 0.276 e. The largest absolute Gasteiger partial charge is 0.472 e. The van der Waals surface area contributed by atoms with E-state index >= 15 is 0 Å². The summed E-state index contributed by atoms with van der Waals surface area (Å²) in [5.74, 6) is -1.19. The third kappa shape index (κ3) is 5.75. The minimum absolute atomic E-state index is 0.0280. The van der Waals surface area contributed by atoms with Gasteiger partial charge in [-0.1, -0.05) is 12.1 Å². The minimum atomic E-state index is -3.37. The third-order valence-electron chi connectivity index (χ3n) is 4.25. The van der Waals surface area contributed by atoms with Crippen molar-refractivity contribution in [2.75, 3.05) is 6.26 Å². The van der Waals surface area contributed by atoms with Crippen molar-refractivity contribution >= 4 is 26.0 Å². The molecule has 1 aromatic heterocycles. The van der Waals surface area contributed by atoms with Crippen LogP contribution < -0.4 is 15.0 Å². The number of hydrogen-bond acceptors (Lipinski definition) is 5.